The lowest BCUT2D eigenvalue weighted by Gasteiger charge is -2.20. The first kappa shape index (κ1) is 23.6. The summed E-state index contributed by atoms with van der Waals surface area (Å²) in [4.78, 5) is 37.8. The predicted molar refractivity (Wildman–Crippen MR) is 155 cm³/mol. The van der Waals surface area contributed by atoms with Crippen molar-refractivity contribution in [2.24, 2.45) is 11.8 Å². The summed E-state index contributed by atoms with van der Waals surface area (Å²) in [5.74, 6) is 0.499. The fourth-order valence-corrected chi connectivity index (χ4v) is 6.10. The average Bonchev–Trinajstić information content (AvgIpc) is 3.48. The normalized spacial score (nSPS) is 19.4. The van der Waals surface area contributed by atoms with Crippen LogP contribution in [0.5, 0.6) is 0 Å². The minimum atomic E-state index is -0.0898. The Labute approximate surface area is 235 Å². The number of benzene rings is 2. The van der Waals surface area contributed by atoms with Crippen molar-refractivity contribution in [2.75, 3.05) is 13.1 Å². The third-order valence-electron chi connectivity index (χ3n) is 8.33. The summed E-state index contributed by atoms with van der Waals surface area (Å²) in [5, 5.41) is 3.21. The number of carbonyl (C=O) groups is 2. The van der Waals surface area contributed by atoms with Crippen LogP contribution >= 0.6 is 0 Å². The molecule has 2 atom stereocenters. The van der Waals surface area contributed by atoms with Crippen LogP contribution in [-0.4, -0.2) is 54.6 Å². The molecule has 8 nitrogen and oxygen atoms in total. The highest BCUT2D eigenvalue weighted by atomic mass is 16.2. The number of fused-ring (bicyclic) bond motifs is 3. The molecule has 1 aliphatic heterocycles. The highest BCUT2D eigenvalue weighted by Crippen LogP contribution is 2.46. The lowest BCUT2D eigenvalue weighted by Crippen LogP contribution is -2.37. The Balaban J connectivity index is 0.921. The van der Waals surface area contributed by atoms with Gasteiger partial charge in [-0.1, -0.05) is 36.4 Å². The quantitative estimate of drug-likeness (QED) is 0.341. The summed E-state index contributed by atoms with van der Waals surface area (Å²) in [6, 6.07) is 27.1. The second-order valence-electron chi connectivity index (χ2n) is 10.9. The van der Waals surface area contributed by atoms with Crippen LogP contribution in [0.3, 0.4) is 0 Å². The molecule has 8 heteroatoms. The van der Waals surface area contributed by atoms with E-state index < -0.39 is 0 Å². The topological polar surface area (TPSA) is 84.0 Å². The summed E-state index contributed by atoms with van der Waals surface area (Å²) in [6.07, 6.45) is 7.87. The van der Waals surface area contributed by atoms with Gasteiger partial charge in [0.1, 0.15) is 11.3 Å². The number of aromatic nitrogens is 4. The molecule has 8 rings (SSSR count). The molecule has 5 heterocycles. The average molecular weight is 539 g/mol. The van der Waals surface area contributed by atoms with Gasteiger partial charge >= 0.3 is 0 Å². The maximum atomic E-state index is 13.4. The molecule has 0 bridgehead atoms. The van der Waals surface area contributed by atoms with Gasteiger partial charge in [-0.2, -0.15) is 0 Å². The maximum absolute atomic E-state index is 13.4. The number of rotatable bonds is 5. The van der Waals surface area contributed by atoms with Crippen LogP contribution < -0.4 is 5.32 Å². The van der Waals surface area contributed by atoms with Gasteiger partial charge in [0.2, 0.25) is 0 Å². The van der Waals surface area contributed by atoms with E-state index in [-0.39, 0.29) is 29.7 Å². The monoisotopic (exact) mass is 538 g/mol. The first-order valence-corrected chi connectivity index (χ1v) is 13.8. The van der Waals surface area contributed by atoms with Gasteiger partial charge in [0, 0.05) is 78.0 Å². The molecule has 2 fully saturated rings. The van der Waals surface area contributed by atoms with Crippen molar-refractivity contribution in [3.05, 3.63) is 121 Å². The molecule has 1 saturated carbocycles. The summed E-state index contributed by atoms with van der Waals surface area (Å²) in [6.45, 7) is 1.29. The van der Waals surface area contributed by atoms with Gasteiger partial charge in [-0.05, 0) is 48.5 Å². The largest absolute Gasteiger partial charge is 0.349 e. The Kier molecular flexibility index (Phi) is 5.28. The predicted octanol–water partition coefficient (Wildman–Crippen LogP) is 4.82. The first-order valence-electron chi connectivity index (χ1n) is 13.8. The third-order valence-corrected chi connectivity index (χ3v) is 8.33. The van der Waals surface area contributed by atoms with Crippen molar-refractivity contribution in [1.29, 1.82) is 0 Å². The van der Waals surface area contributed by atoms with Crippen LogP contribution in [0.25, 0.3) is 33.8 Å². The Morgan fingerprint density at radius 3 is 1.83 bits per heavy atom. The zero-order valence-electron chi connectivity index (χ0n) is 22.1. The highest BCUT2D eigenvalue weighted by Gasteiger charge is 2.57. The van der Waals surface area contributed by atoms with E-state index in [1.807, 2.05) is 123 Å². The van der Waals surface area contributed by atoms with Crippen LogP contribution in [-0.2, 0) is 0 Å². The van der Waals surface area contributed by atoms with Gasteiger partial charge in [0.15, 0.2) is 0 Å². The molecule has 2 aliphatic rings. The minimum absolute atomic E-state index is 0.0213. The van der Waals surface area contributed by atoms with E-state index in [9.17, 15) is 9.59 Å². The molecule has 6 aromatic rings. The highest BCUT2D eigenvalue weighted by molar-refractivity contribution is 5.97. The standard InChI is InChI=1S/C33H26N6O2/c40-32(23-9-5-7-21(15-23)27-19-37-13-3-1-11-29(37)34-27)36-31-25-17-39(18-26(25)31)33(41)24-10-6-8-22(16-24)28-20-38-14-4-2-12-30(38)35-28/h1-16,19-20,25-26,31H,17-18H2,(H,36,40). The van der Waals surface area contributed by atoms with Gasteiger partial charge in [0.05, 0.1) is 11.4 Å². The minimum Gasteiger partial charge on any atom is -0.349 e. The molecule has 41 heavy (non-hydrogen) atoms. The molecule has 0 radical (unpaired) electrons. The van der Waals surface area contributed by atoms with Crippen molar-refractivity contribution >= 4 is 23.1 Å². The van der Waals surface area contributed by atoms with E-state index >= 15 is 0 Å². The SMILES string of the molecule is O=C(NC1C2CN(C(=O)c3cccc(-c4cn5ccccc5n4)c3)CC21)c1cccc(-c2cn3ccccc3n2)c1. The summed E-state index contributed by atoms with van der Waals surface area (Å²) >= 11 is 0. The van der Waals surface area contributed by atoms with Crippen LogP contribution in [0.1, 0.15) is 20.7 Å². The number of hydrogen-bond acceptors (Lipinski definition) is 4. The van der Waals surface area contributed by atoms with Crippen LogP contribution in [0.2, 0.25) is 0 Å². The number of likely N-dealkylation sites (tertiary alicyclic amines) is 1. The van der Waals surface area contributed by atoms with E-state index in [4.69, 9.17) is 0 Å². The number of nitrogens with one attached hydrogen (secondary N) is 1. The molecule has 200 valence electrons. The first-order chi connectivity index (χ1) is 20.1. The number of imidazole rings is 2. The third kappa shape index (κ3) is 4.15. The van der Waals surface area contributed by atoms with E-state index in [0.29, 0.717) is 24.2 Å². The number of pyridine rings is 2. The molecule has 0 spiro atoms. The van der Waals surface area contributed by atoms with E-state index in [1.165, 1.54) is 0 Å². The van der Waals surface area contributed by atoms with Crippen molar-refractivity contribution in [3.63, 3.8) is 0 Å². The second-order valence-corrected chi connectivity index (χ2v) is 10.9. The molecule has 2 unspecified atom stereocenters. The summed E-state index contributed by atoms with van der Waals surface area (Å²) < 4.78 is 3.94. The van der Waals surface area contributed by atoms with Crippen molar-refractivity contribution < 1.29 is 9.59 Å². The second kappa shape index (κ2) is 9.16. The molecular weight excluding hydrogens is 512 g/mol. The summed E-state index contributed by atoms with van der Waals surface area (Å²) in [7, 11) is 0. The smallest absolute Gasteiger partial charge is 0.253 e. The Bertz CT molecular complexity index is 1900. The molecule has 4 aromatic heterocycles. The number of amides is 2. The van der Waals surface area contributed by atoms with Crippen molar-refractivity contribution in [2.45, 2.75) is 6.04 Å². The molecule has 1 saturated heterocycles. The fourth-order valence-electron chi connectivity index (χ4n) is 6.10. The van der Waals surface area contributed by atoms with Crippen LogP contribution in [0.4, 0.5) is 0 Å². The van der Waals surface area contributed by atoms with Gasteiger partial charge in [-0.15, -0.1) is 0 Å². The Morgan fingerprint density at radius 1 is 0.683 bits per heavy atom. The molecule has 1 N–H and O–H groups in total. The van der Waals surface area contributed by atoms with Gasteiger partial charge in [-0.3, -0.25) is 9.59 Å². The molecule has 2 aromatic carbocycles. The van der Waals surface area contributed by atoms with Crippen molar-refractivity contribution in [3.8, 4) is 22.5 Å². The van der Waals surface area contributed by atoms with Gasteiger partial charge < -0.3 is 19.0 Å². The van der Waals surface area contributed by atoms with E-state index in [1.54, 1.807) is 0 Å². The lowest BCUT2D eigenvalue weighted by atomic mass is 10.1. The molecule has 1 aliphatic carbocycles. The molecular formula is C33H26N6O2. The number of carbonyl (C=O) groups excluding carboxylic acids is 2. The zero-order valence-corrected chi connectivity index (χ0v) is 22.1. The Morgan fingerprint density at radius 2 is 1.24 bits per heavy atom. The van der Waals surface area contributed by atoms with Crippen LogP contribution in [0, 0.1) is 11.8 Å². The number of nitrogens with zero attached hydrogens (tertiary/aromatic N) is 5. The molecule has 2 amide bonds. The maximum Gasteiger partial charge on any atom is 0.253 e. The van der Waals surface area contributed by atoms with Gasteiger partial charge in [-0.25, -0.2) is 9.97 Å². The number of piperidine rings is 1. The fraction of sp³-hybridized carbons (Fsp3) is 0.152. The van der Waals surface area contributed by atoms with Gasteiger partial charge in [0.25, 0.3) is 11.8 Å². The number of hydrogen-bond donors (Lipinski definition) is 1. The summed E-state index contributed by atoms with van der Waals surface area (Å²) in [5.41, 5.74) is 6.49. The van der Waals surface area contributed by atoms with E-state index in [2.05, 4.69) is 15.3 Å². The van der Waals surface area contributed by atoms with Crippen molar-refractivity contribution in [1.82, 2.24) is 29.0 Å². The zero-order chi connectivity index (χ0) is 27.5. The van der Waals surface area contributed by atoms with Crippen LogP contribution in [0.15, 0.2) is 110 Å². The lowest BCUT2D eigenvalue weighted by molar-refractivity contribution is 0.0769. The van der Waals surface area contributed by atoms with E-state index in [0.717, 1.165) is 33.8 Å². The Hall–Kier alpha value is -5.24.